The van der Waals surface area contributed by atoms with Crippen LogP contribution in [0.3, 0.4) is 0 Å². The van der Waals surface area contributed by atoms with Crippen LogP contribution in [-0.4, -0.2) is 0 Å². The van der Waals surface area contributed by atoms with Gasteiger partial charge in [-0.05, 0) is 30.2 Å². The van der Waals surface area contributed by atoms with Gasteiger partial charge < -0.3 is 0 Å². The van der Waals surface area contributed by atoms with Crippen LogP contribution in [0.25, 0.3) is 0 Å². The van der Waals surface area contributed by atoms with Crippen molar-refractivity contribution in [3.8, 4) is 0 Å². The summed E-state index contributed by atoms with van der Waals surface area (Å²) in [4.78, 5) is 0. The van der Waals surface area contributed by atoms with Crippen molar-refractivity contribution in [1.82, 2.24) is 0 Å². The molecule has 1 aromatic rings. The highest BCUT2D eigenvalue weighted by molar-refractivity contribution is 5.31. The first-order chi connectivity index (χ1) is 5.87. The maximum absolute atomic E-state index is 3.81. The molecule has 1 aliphatic rings. The smallest absolute Gasteiger partial charge is 0.00120 e. The molecule has 0 heterocycles. The van der Waals surface area contributed by atoms with E-state index >= 15 is 0 Å². The van der Waals surface area contributed by atoms with Crippen molar-refractivity contribution in [2.75, 3.05) is 0 Å². The molecule has 0 spiro atoms. The molecule has 0 radical (unpaired) electrons. The van der Waals surface area contributed by atoms with Gasteiger partial charge in [-0.25, -0.2) is 0 Å². The molecule has 0 aliphatic heterocycles. The zero-order valence-electron chi connectivity index (χ0n) is 7.29. The summed E-state index contributed by atoms with van der Waals surface area (Å²) in [7, 11) is 0. The van der Waals surface area contributed by atoms with E-state index in [9.17, 15) is 0 Å². The maximum atomic E-state index is 3.81. The molecule has 1 fully saturated rings. The number of hydrogen-bond donors (Lipinski definition) is 0. The summed E-state index contributed by atoms with van der Waals surface area (Å²) in [5.41, 5.74) is 1.97. The van der Waals surface area contributed by atoms with E-state index in [0.717, 1.165) is 6.42 Å². The van der Waals surface area contributed by atoms with E-state index in [2.05, 4.69) is 36.9 Å². The molecule has 1 aliphatic carbocycles. The molecule has 0 amide bonds. The summed E-state index contributed by atoms with van der Waals surface area (Å²) < 4.78 is 0. The lowest BCUT2D eigenvalue weighted by molar-refractivity contribution is 0.708. The Hall–Kier alpha value is -1.04. The lowest BCUT2D eigenvalue weighted by Crippen LogP contribution is -2.03. The Balaban J connectivity index is 2.25. The topological polar surface area (TPSA) is 0 Å². The van der Waals surface area contributed by atoms with E-state index in [1.807, 2.05) is 6.08 Å². The van der Waals surface area contributed by atoms with Gasteiger partial charge in [0.2, 0.25) is 0 Å². The lowest BCUT2D eigenvalue weighted by Gasteiger charge is -2.12. The number of rotatable bonds is 3. The van der Waals surface area contributed by atoms with Gasteiger partial charge in [-0.1, -0.05) is 36.4 Å². The fraction of sp³-hybridized carbons (Fsp3) is 0.333. The van der Waals surface area contributed by atoms with Crippen LogP contribution in [0, 0.1) is 0 Å². The minimum Gasteiger partial charge on any atom is -0.103 e. The van der Waals surface area contributed by atoms with E-state index in [0.29, 0.717) is 5.41 Å². The highest BCUT2D eigenvalue weighted by Gasteiger charge is 2.42. The summed E-state index contributed by atoms with van der Waals surface area (Å²) in [6.07, 6.45) is 5.85. The first-order valence-electron chi connectivity index (χ1n) is 4.54. The molecule has 62 valence electrons. The molecular formula is C12H14. The second-order valence-corrected chi connectivity index (χ2v) is 3.64. The van der Waals surface area contributed by atoms with Crippen molar-refractivity contribution in [2.45, 2.75) is 24.7 Å². The average Bonchev–Trinajstić information content (AvgIpc) is 2.88. The summed E-state index contributed by atoms with van der Waals surface area (Å²) in [5, 5.41) is 0. The Morgan fingerprint density at radius 3 is 2.42 bits per heavy atom. The van der Waals surface area contributed by atoms with Crippen molar-refractivity contribution in [3.63, 3.8) is 0 Å². The minimum absolute atomic E-state index is 0.475. The van der Waals surface area contributed by atoms with Crippen LogP contribution in [0.1, 0.15) is 24.8 Å². The van der Waals surface area contributed by atoms with E-state index in [1.165, 1.54) is 18.4 Å². The predicted molar refractivity (Wildman–Crippen MR) is 52.2 cm³/mol. The third-order valence-electron chi connectivity index (χ3n) is 2.77. The summed E-state index contributed by atoms with van der Waals surface area (Å²) in [6.45, 7) is 3.81. The molecule has 0 bridgehead atoms. The molecule has 1 aromatic carbocycles. The second-order valence-electron chi connectivity index (χ2n) is 3.64. The van der Waals surface area contributed by atoms with Crippen molar-refractivity contribution in [3.05, 3.63) is 48.6 Å². The Labute approximate surface area is 73.9 Å². The molecule has 1 saturated carbocycles. The summed E-state index contributed by atoms with van der Waals surface area (Å²) >= 11 is 0. The normalized spacial score (nSPS) is 18.7. The van der Waals surface area contributed by atoms with Gasteiger partial charge in [0.15, 0.2) is 0 Å². The summed E-state index contributed by atoms with van der Waals surface area (Å²) in [6, 6.07) is 10.8. The molecule has 12 heavy (non-hydrogen) atoms. The van der Waals surface area contributed by atoms with Crippen molar-refractivity contribution in [2.24, 2.45) is 0 Å². The van der Waals surface area contributed by atoms with Gasteiger partial charge in [0, 0.05) is 0 Å². The van der Waals surface area contributed by atoms with Crippen LogP contribution in [0.5, 0.6) is 0 Å². The molecule has 0 N–H and O–H groups in total. The van der Waals surface area contributed by atoms with Gasteiger partial charge in [0.05, 0.1) is 0 Å². The van der Waals surface area contributed by atoms with Crippen molar-refractivity contribution in [1.29, 1.82) is 0 Å². The minimum atomic E-state index is 0.475. The van der Waals surface area contributed by atoms with E-state index in [1.54, 1.807) is 0 Å². The van der Waals surface area contributed by atoms with Gasteiger partial charge in [-0.3, -0.25) is 0 Å². The fourth-order valence-corrected chi connectivity index (χ4v) is 1.83. The predicted octanol–water partition coefficient (Wildman–Crippen LogP) is 3.29. The van der Waals surface area contributed by atoms with Gasteiger partial charge >= 0.3 is 0 Å². The number of allylic oxidation sites excluding steroid dienone is 1. The number of hydrogen-bond acceptors (Lipinski definition) is 0. The number of benzene rings is 1. The molecular weight excluding hydrogens is 144 g/mol. The molecule has 2 rings (SSSR count). The van der Waals surface area contributed by atoms with Crippen molar-refractivity contribution >= 4 is 0 Å². The Bertz CT molecular complexity index is 267. The van der Waals surface area contributed by atoms with E-state index < -0.39 is 0 Å². The zero-order valence-corrected chi connectivity index (χ0v) is 7.29. The van der Waals surface area contributed by atoms with Gasteiger partial charge in [-0.2, -0.15) is 0 Å². The van der Waals surface area contributed by atoms with Gasteiger partial charge in [0.25, 0.3) is 0 Å². The van der Waals surface area contributed by atoms with Crippen LogP contribution < -0.4 is 0 Å². The third kappa shape index (κ3) is 1.18. The van der Waals surface area contributed by atoms with Crippen LogP contribution in [0.2, 0.25) is 0 Å². The molecule has 0 heteroatoms. The molecule has 0 saturated heterocycles. The largest absolute Gasteiger partial charge is 0.103 e. The molecule has 0 unspecified atom stereocenters. The fourth-order valence-electron chi connectivity index (χ4n) is 1.83. The maximum Gasteiger partial charge on any atom is -0.00120 e. The third-order valence-corrected chi connectivity index (χ3v) is 2.77. The highest BCUT2D eigenvalue weighted by Crippen LogP contribution is 2.50. The highest BCUT2D eigenvalue weighted by atomic mass is 14.5. The summed E-state index contributed by atoms with van der Waals surface area (Å²) in [5.74, 6) is 0. The molecule has 0 atom stereocenters. The van der Waals surface area contributed by atoms with Crippen LogP contribution in [0.15, 0.2) is 43.0 Å². The molecule has 0 aromatic heterocycles. The van der Waals surface area contributed by atoms with Gasteiger partial charge in [-0.15, -0.1) is 6.58 Å². The first-order valence-corrected chi connectivity index (χ1v) is 4.54. The first kappa shape index (κ1) is 7.60. The lowest BCUT2D eigenvalue weighted by atomic mass is 9.93. The van der Waals surface area contributed by atoms with Crippen molar-refractivity contribution < 1.29 is 0 Å². The average molecular weight is 158 g/mol. The van der Waals surface area contributed by atoms with E-state index in [-0.39, 0.29) is 0 Å². The van der Waals surface area contributed by atoms with Crippen LogP contribution in [0.4, 0.5) is 0 Å². The Kier molecular flexibility index (Phi) is 1.76. The second kappa shape index (κ2) is 2.78. The van der Waals surface area contributed by atoms with E-state index in [4.69, 9.17) is 0 Å². The SMILES string of the molecule is C=CCC1(c2ccccc2)CC1. The zero-order chi connectivity index (χ0) is 8.44. The van der Waals surface area contributed by atoms with Crippen LogP contribution in [-0.2, 0) is 5.41 Å². The quantitative estimate of drug-likeness (QED) is 0.592. The Morgan fingerprint density at radius 1 is 1.25 bits per heavy atom. The molecule has 0 nitrogen and oxygen atoms in total. The standard InChI is InChI=1S/C12H14/c1-2-8-12(9-10-12)11-6-4-3-5-7-11/h2-7H,1,8-10H2. The van der Waals surface area contributed by atoms with Gasteiger partial charge in [0.1, 0.15) is 0 Å². The monoisotopic (exact) mass is 158 g/mol. The Morgan fingerprint density at radius 2 is 1.92 bits per heavy atom. The van der Waals surface area contributed by atoms with Crippen LogP contribution >= 0.6 is 0 Å².